The van der Waals surface area contributed by atoms with Crippen LogP contribution in [0, 0.1) is 5.82 Å². The van der Waals surface area contributed by atoms with Crippen molar-refractivity contribution in [1.82, 2.24) is 0 Å². The average Bonchev–Trinajstić information content (AvgIpc) is 2.74. The molecule has 0 bridgehead atoms. The van der Waals surface area contributed by atoms with Crippen molar-refractivity contribution in [3.05, 3.63) is 57.0 Å². The van der Waals surface area contributed by atoms with E-state index in [1.807, 2.05) is 5.38 Å². The van der Waals surface area contributed by atoms with Crippen molar-refractivity contribution in [2.45, 2.75) is 0 Å². The van der Waals surface area contributed by atoms with Gasteiger partial charge in [-0.3, -0.25) is 4.79 Å². The summed E-state index contributed by atoms with van der Waals surface area (Å²) in [6, 6.07) is 7.50. The SMILES string of the molecule is O=C(c1ccc(F)c(Cl)c1)c1cccs1. The molecule has 0 aliphatic heterocycles. The van der Waals surface area contributed by atoms with Gasteiger partial charge < -0.3 is 0 Å². The number of hydrogen-bond acceptors (Lipinski definition) is 2. The van der Waals surface area contributed by atoms with Gasteiger partial charge in [0.05, 0.1) is 9.90 Å². The van der Waals surface area contributed by atoms with Gasteiger partial charge in [0.2, 0.25) is 5.78 Å². The Labute approximate surface area is 95.1 Å². The number of carbonyl (C=O) groups is 1. The van der Waals surface area contributed by atoms with E-state index in [1.54, 1.807) is 12.1 Å². The van der Waals surface area contributed by atoms with Gasteiger partial charge in [0, 0.05) is 5.56 Å². The Kier molecular flexibility index (Phi) is 2.84. The largest absolute Gasteiger partial charge is 0.288 e. The molecule has 1 aromatic carbocycles. The summed E-state index contributed by atoms with van der Waals surface area (Å²) in [5.41, 5.74) is 0.406. The maximum absolute atomic E-state index is 12.9. The Morgan fingerprint density at radius 1 is 1.33 bits per heavy atom. The van der Waals surface area contributed by atoms with Crippen LogP contribution in [-0.2, 0) is 0 Å². The van der Waals surface area contributed by atoms with Crippen molar-refractivity contribution in [2.24, 2.45) is 0 Å². The predicted octanol–water partition coefficient (Wildman–Crippen LogP) is 3.77. The monoisotopic (exact) mass is 240 g/mol. The molecule has 1 heterocycles. The van der Waals surface area contributed by atoms with E-state index >= 15 is 0 Å². The third-order valence-electron chi connectivity index (χ3n) is 1.93. The number of hydrogen-bond donors (Lipinski definition) is 0. The fourth-order valence-electron chi connectivity index (χ4n) is 1.19. The van der Waals surface area contributed by atoms with Crippen LogP contribution >= 0.6 is 22.9 Å². The number of halogens is 2. The Morgan fingerprint density at radius 3 is 2.73 bits per heavy atom. The minimum atomic E-state index is -0.514. The second-order valence-electron chi connectivity index (χ2n) is 2.94. The zero-order valence-corrected chi connectivity index (χ0v) is 9.11. The molecule has 0 spiro atoms. The molecule has 4 heteroatoms. The molecule has 0 amide bonds. The summed E-state index contributed by atoms with van der Waals surface area (Å²) in [4.78, 5) is 12.4. The Balaban J connectivity index is 2.39. The summed E-state index contributed by atoms with van der Waals surface area (Å²) >= 11 is 6.95. The number of benzene rings is 1. The topological polar surface area (TPSA) is 17.1 Å². The van der Waals surface area contributed by atoms with Crippen LogP contribution < -0.4 is 0 Å². The quantitative estimate of drug-likeness (QED) is 0.731. The molecule has 2 aromatic rings. The first-order chi connectivity index (χ1) is 7.18. The van der Waals surface area contributed by atoms with Crippen molar-refractivity contribution >= 4 is 28.7 Å². The minimum Gasteiger partial charge on any atom is -0.288 e. The van der Waals surface area contributed by atoms with Gasteiger partial charge in [-0.15, -0.1) is 11.3 Å². The van der Waals surface area contributed by atoms with E-state index in [9.17, 15) is 9.18 Å². The molecule has 0 saturated heterocycles. The van der Waals surface area contributed by atoms with Gasteiger partial charge >= 0.3 is 0 Å². The van der Waals surface area contributed by atoms with Crippen LogP contribution in [-0.4, -0.2) is 5.78 Å². The lowest BCUT2D eigenvalue weighted by atomic mass is 10.1. The summed E-state index contributed by atoms with van der Waals surface area (Å²) in [5.74, 6) is -0.647. The van der Waals surface area contributed by atoms with Crippen LogP contribution in [0.25, 0.3) is 0 Å². The first-order valence-electron chi connectivity index (χ1n) is 4.22. The summed E-state index contributed by atoms with van der Waals surface area (Å²) in [6.45, 7) is 0. The van der Waals surface area contributed by atoms with Gasteiger partial charge in [-0.05, 0) is 29.6 Å². The molecule has 0 unspecified atom stereocenters. The maximum Gasteiger partial charge on any atom is 0.202 e. The highest BCUT2D eigenvalue weighted by Gasteiger charge is 2.11. The molecule has 0 aliphatic carbocycles. The van der Waals surface area contributed by atoms with E-state index in [2.05, 4.69) is 0 Å². The Hall–Kier alpha value is -1.19. The standard InChI is InChI=1S/C11H6ClFOS/c12-8-6-7(3-4-9(8)13)11(14)10-2-1-5-15-10/h1-6H. The molecular weight excluding hydrogens is 235 g/mol. The van der Waals surface area contributed by atoms with Crippen molar-refractivity contribution in [3.8, 4) is 0 Å². The molecule has 0 N–H and O–H groups in total. The van der Waals surface area contributed by atoms with Crippen LogP contribution in [0.3, 0.4) is 0 Å². The lowest BCUT2D eigenvalue weighted by Crippen LogP contribution is -1.98. The van der Waals surface area contributed by atoms with Gasteiger partial charge in [0.15, 0.2) is 0 Å². The highest BCUT2D eigenvalue weighted by Crippen LogP contribution is 2.20. The van der Waals surface area contributed by atoms with Crippen molar-refractivity contribution in [3.63, 3.8) is 0 Å². The van der Waals surface area contributed by atoms with E-state index in [0.717, 1.165) is 0 Å². The third kappa shape index (κ3) is 2.08. The van der Waals surface area contributed by atoms with Crippen LogP contribution in [0.4, 0.5) is 4.39 Å². The summed E-state index contributed by atoms with van der Waals surface area (Å²) < 4.78 is 12.9. The summed E-state index contributed by atoms with van der Waals surface area (Å²) in [6.07, 6.45) is 0. The van der Waals surface area contributed by atoms with Gasteiger partial charge in [-0.2, -0.15) is 0 Å². The number of rotatable bonds is 2. The molecule has 1 nitrogen and oxygen atoms in total. The van der Waals surface area contributed by atoms with E-state index in [4.69, 9.17) is 11.6 Å². The van der Waals surface area contributed by atoms with Crippen molar-refractivity contribution < 1.29 is 9.18 Å². The van der Waals surface area contributed by atoms with Crippen molar-refractivity contribution in [2.75, 3.05) is 0 Å². The second-order valence-corrected chi connectivity index (χ2v) is 4.29. The maximum atomic E-state index is 12.9. The third-order valence-corrected chi connectivity index (χ3v) is 3.09. The number of thiophene rings is 1. The fraction of sp³-hybridized carbons (Fsp3) is 0. The van der Waals surface area contributed by atoms with E-state index in [1.165, 1.54) is 29.5 Å². The molecule has 0 aliphatic rings. The molecule has 0 fully saturated rings. The second kappa shape index (κ2) is 4.13. The molecule has 15 heavy (non-hydrogen) atoms. The van der Waals surface area contributed by atoms with Gasteiger partial charge in [-0.25, -0.2) is 4.39 Å². The van der Waals surface area contributed by atoms with Gasteiger partial charge in [0.25, 0.3) is 0 Å². The Morgan fingerprint density at radius 2 is 2.13 bits per heavy atom. The van der Waals surface area contributed by atoms with E-state index in [0.29, 0.717) is 10.4 Å². The first-order valence-corrected chi connectivity index (χ1v) is 5.47. The van der Waals surface area contributed by atoms with Gasteiger partial charge in [0.1, 0.15) is 5.82 Å². The molecular formula is C11H6ClFOS. The molecule has 0 radical (unpaired) electrons. The summed E-state index contributed by atoms with van der Waals surface area (Å²) in [7, 11) is 0. The predicted molar refractivity (Wildman–Crippen MR) is 59.2 cm³/mol. The lowest BCUT2D eigenvalue weighted by Gasteiger charge is -1.99. The van der Waals surface area contributed by atoms with Crippen LogP contribution in [0.2, 0.25) is 5.02 Å². The van der Waals surface area contributed by atoms with E-state index < -0.39 is 5.82 Å². The molecule has 76 valence electrons. The highest BCUT2D eigenvalue weighted by molar-refractivity contribution is 7.12. The Bertz CT molecular complexity index is 493. The molecule has 0 atom stereocenters. The normalized spacial score (nSPS) is 10.3. The van der Waals surface area contributed by atoms with Crippen LogP contribution in [0.5, 0.6) is 0 Å². The first kappa shape index (κ1) is 10.3. The van der Waals surface area contributed by atoms with Gasteiger partial charge in [-0.1, -0.05) is 17.7 Å². The summed E-state index contributed by atoms with van der Waals surface area (Å²) in [5, 5.41) is 1.79. The van der Waals surface area contributed by atoms with E-state index in [-0.39, 0.29) is 10.8 Å². The smallest absolute Gasteiger partial charge is 0.202 e. The highest BCUT2D eigenvalue weighted by atomic mass is 35.5. The fourth-order valence-corrected chi connectivity index (χ4v) is 2.05. The molecule has 1 aromatic heterocycles. The molecule has 0 saturated carbocycles. The average molecular weight is 241 g/mol. The zero-order chi connectivity index (χ0) is 10.8. The van der Waals surface area contributed by atoms with Crippen molar-refractivity contribution in [1.29, 1.82) is 0 Å². The number of ketones is 1. The van der Waals surface area contributed by atoms with Crippen LogP contribution in [0.15, 0.2) is 35.7 Å². The minimum absolute atomic E-state index is 0.0302. The lowest BCUT2D eigenvalue weighted by molar-refractivity contribution is 0.104. The molecule has 2 rings (SSSR count). The zero-order valence-electron chi connectivity index (χ0n) is 7.54. The number of carbonyl (C=O) groups excluding carboxylic acids is 1. The van der Waals surface area contributed by atoms with Crippen LogP contribution in [0.1, 0.15) is 15.2 Å².